The molecule has 0 amide bonds. The Morgan fingerprint density at radius 1 is 0.958 bits per heavy atom. The summed E-state index contributed by atoms with van der Waals surface area (Å²) in [5, 5.41) is 30.1. The smallest absolute Gasteiger partial charge is 0.395 e. The molecule has 0 aliphatic heterocycles. The highest BCUT2D eigenvalue weighted by molar-refractivity contribution is 9.10. The minimum atomic E-state index is -0.195. The van der Waals surface area contributed by atoms with Gasteiger partial charge in [-0.3, -0.25) is 0 Å². The number of azo groups is 1. The fraction of sp³-hybridized carbons (Fsp3) is 0.0556. The highest BCUT2D eigenvalue weighted by Gasteiger charge is 2.14. The maximum absolute atomic E-state index is 12.1. The van der Waals surface area contributed by atoms with Crippen molar-refractivity contribution in [1.82, 2.24) is 0 Å². The summed E-state index contributed by atoms with van der Waals surface area (Å²) in [6, 6.07) is 18.4. The van der Waals surface area contributed by atoms with Gasteiger partial charge >= 0.3 is 5.82 Å². The largest absolute Gasteiger partial charge is 0.710 e. The lowest BCUT2D eigenvalue weighted by Gasteiger charge is -2.08. The third-order valence-corrected chi connectivity index (χ3v) is 3.91. The van der Waals surface area contributed by atoms with Crippen molar-refractivity contribution < 1.29 is 9.84 Å². The van der Waals surface area contributed by atoms with E-state index in [4.69, 9.17) is 0 Å². The topological polar surface area (TPSA) is 71.9 Å². The lowest BCUT2D eigenvalue weighted by Crippen LogP contribution is -2.26. The number of hydrogen-bond donors (Lipinski definition) is 1. The predicted octanol–water partition coefficient (Wildman–Crippen LogP) is 4.79. The summed E-state index contributed by atoms with van der Waals surface area (Å²) < 4.78 is 1.46. The van der Waals surface area contributed by atoms with E-state index >= 15 is 0 Å². The zero-order valence-corrected chi connectivity index (χ0v) is 14.2. The van der Waals surface area contributed by atoms with Gasteiger partial charge in [-0.2, -0.15) is 0 Å². The molecular formula is C18H14BrN3O2. The quantitative estimate of drug-likeness (QED) is 0.399. The Morgan fingerprint density at radius 2 is 1.67 bits per heavy atom. The number of aromatic nitrogens is 1. The average molecular weight is 384 g/mol. The first kappa shape index (κ1) is 16.1. The molecule has 0 unspecified atom stereocenters. The van der Waals surface area contributed by atoms with E-state index in [1.54, 1.807) is 12.1 Å². The van der Waals surface area contributed by atoms with Gasteiger partial charge in [-0.15, -0.1) is 0 Å². The van der Waals surface area contributed by atoms with Crippen molar-refractivity contribution in [2.24, 2.45) is 10.2 Å². The van der Waals surface area contributed by atoms with Crippen molar-refractivity contribution in [2.45, 2.75) is 6.42 Å². The van der Waals surface area contributed by atoms with Crippen LogP contribution in [0, 0.1) is 5.21 Å². The molecule has 0 radical (unpaired) electrons. The number of rotatable bonds is 4. The zero-order chi connectivity index (χ0) is 16.9. The molecule has 6 heteroatoms. The van der Waals surface area contributed by atoms with E-state index in [0.717, 1.165) is 10.0 Å². The molecule has 5 nitrogen and oxygen atoms in total. The molecule has 0 atom stereocenters. The summed E-state index contributed by atoms with van der Waals surface area (Å²) in [4.78, 5) is 0. The third kappa shape index (κ3) is 3.97. The van der Waals surface area contributed by atoms with Crippen LogP contribution in [0.25, 0.3) is 0 Å². The molecule has 1 aromatic heterocycles. The van der Waals surface area contributed by atoms with E-state index in [1.807, 2.05) is 42.5 Å². The van der Waals surface area contributed by atoms with Gasteiger partial charge in [-0.1, -0.05) is 46.3 Å². The second-order valence-electron chi connectivity index (χ2n) is 5.22. The Balaban J connectivity index is 1.83. The first-order valence-electron chi connectivity index (χ1n) is 7.28. The van der Waals surface area contributed by atoms with Crippen molar-refractivity contribution in [1.29, 1.82) is 0 Å². The Labute approximate surface area is 147 Å². The Morgan fingerprint density at radius 3 is 2.33 bits per heavy atom. The van der Waals surface area contributed by atoms with E-state index in [1.165, 1.54) is 12.3 Å². The molecule has 3 aromatic rings. The van der Waals surface area contributed by atoms with E-state index in [9.17, 15) is 10.3 Å². The van der Waals surface area contributed by atoms with Gasteiger partial charge in [0.2, 0.25) is 5.75 Å². The van der Waals surface area contributed by atoms with Crippen molar-refractivity contribution >= 4 is 27.4 Å². The van der Waals surface area contributed by atoms with E-state index in [0.29, 0.717) is 22.4 Å². The van der Waals surface area contributed by atoms with E-state index in [-0.39, 0.29) is 11.6 Å². The number of nitrogens with zero attached hydrogens (tertiary/aromatic N) is 3. The predicted molar refractivity (Wildman–Crippen MR) is 94.6 cm³/mol. The van der Waals surface area contributed by atoms with Gasteiger partial charge in [0.25, 0.3) is 0 Å². The maximum Gasteiger partial charge on any atom is 0.395 e. The summed E-state index contributed by atoms with van der Waals surface area (Å²) in [5.74, 6) is -0.325. The molecule has 120 valence electrons. The molecule has 0 aliphatic carbocycles. The molecule has 0 aliphatic rings. The summed E-state index contributed by atoms with van der Waals surface area (Å²) in [5.41, 5.74) is 2.35. The second-order valence-corrected chi connectivity index (χ2v) is 6.14. The highest BCUT2D eigenvalue weighted by Crippen LogP contribution is 2.26. The highest BCUT2D eigenvalue weighted by atomic mass is 79.9. The van der Waals surface area contributed by atoms with Gasteiger partial charge in [0.15, 0.2) is 0 Å². The van der Waals surface area contributed by atoms with E-state index in [2.05, 4.69) is 26.2 Å². The molecule has 0 saturated heterocycles. The summed E-state index contributed by atoms with van der Waals surface area (Å²) in [6.07, 6.45) is 1.96. The van der Waals surface area contributed by atoms with Crippen LogP contribution in [0.3, 0.4) is 0 Å². The molecule has 2 aromatic carbocycles. The summed E-state index contributed by atoms with van der Waals surface area (Å²) >= 11 is 3.33. The fourth-order valence-corrected chi connectivity index (χ4v) is 2.50. The van der Waals surface area contributed by atoms with Crippen LogP contribution in [0.1, 0.15) is 11.1 Å². The average Bonchev–Trinajstić information content (AvgIpc) is 2.57. The third-order valence-electron chi connectivity index (χ3n) is 3.38. The van der Waals surface area contributed by atoms with Crippen LogP contribution in [0.5, 0.6) is 5.75 Å². The molecule has 0 saturated carbocycles. The maximum atomic E-state index is 12.1. The molecular weight excluding hydrogens is 370 g/mol. The van der Waals surface area contributed by atoms with Crippen LogP contribution in [0.15, 0.2) is 81.6 Å². The van der Waals surface area contributed by atoms with Crippen LogP contribution in [-0.2, 0) is 6.42 Å². The molecule has 0 spiro atoms. The number of pyridine rings is 1. The first-order valence-corrected chi connectivity index (χ1v) is 8.07. The monoisotopic (exact) mass is 383 g/mol. The van der Waals surface area contributed by atoms with Gasteiger partial charge in [0, 0.05) is 16.5 Å². The summed E-state index contributed by atoms with van der Waals surface area (Å²) in [7, 11) is 0. The first-order chi connectivity index (χ1) is 11.6. The summed E-state index contributed by atoms with van der Waals surface area (Å²) in [6.45, 7) is 0. The van der Waals surface area contributed by atoms with Gasteiger partial charge < -0.3 is 10.3 Å². The fourth-order valence-electron chi connectivity index (χ4n) is 2.24. The second kappa shape index (κ2) is 7.23. The van der Waals surface area contributed by atoms with E-state index < -0.39 is 0 Å². The normalized spacial score (nSPS) is 11.0. The Kier molecular flexibility index (Phi) is 4.86. The van der Waals surface area contributed by atoms with Crippen LogP contribution in [-0.4, -0.2) is 5.11 Å². The molecule has 24 heavy (non-hydrogen) atoms. The number of aromatic hydroxyl groups is 1. The van der Waals surface area contributed by atoms with Crippen molar-refractivity contribution in [2.75, 3.05) is 0 Å². The number of benzene rings is 2. The van der Waals surface area contributed by atoms with Crippen LogP contribution in [0.2, 0.25) is 0 Å². The van der Waals surface area contributed by atoms with Crippen molar-refractivity contribution in [3.8, 4) is 5.75 Å². The van der Waals surface area contributed by atoms with Crippen molar-refractivity contribution in [3.63, 3.8) is 0 Å². The zero-order valence-electron chi connectivity index (χ0n) is 12.6. The molecule has 1 N–H and O–H groups in total. The van der Waals surface area contributed by atoms with Gasteiger partial charge in [0.1, 0.15) is 5.69 Å². The van der Waals surface area contributed by atoms with Crippen molar-refractivity contribution in [3.05, 3.63) is 87.7 Å². The molecule has 0 fully saturated rings. The Hall–Kier alpha value is -2.73. The SMILES string of the molecule is [O-][n+]1cc(Cc2ccccc2)cc(O)c1N=Nc1ccc(Br)cc1. The minimum Gasteiger partial charge on any atom is -0.710 e. The molecule has 1 heterocycles. The number of halogens is 1. The van der Waals surface area contributed by atoms with Crippen LogP contribution < -0.4 is 4.73 Å². The van der Waals surface area contributed by atoms with Crippen LogP contribution in [0.4, 0.5) is 11.5 Å². The lowest BCUT2D eigenvalue weighted by molar-refractivity contribution is -0.592. The standard InChI is InChI=1S/C18H14BrN3O2/c19-15-6-8-16(9-7-15)20-21-18-17(23)11-14(12-22(18)24)10-13-4-2-1-3-5-13/h1-9,11-12,23H,10H2. The van der Waals surface area contributed by atoms with Gasteiger partial charge in [-0.05, 0) is 41.0 Å². The lowest BCUT2D eigenvalue weighted by atomic mass is 10.1. The Bertz CT molecular complexity index is 842. The molecule has 0 bridgehead atoms. The molecule has 3 rings (SSSR count). The minimum absolute atomic E-state index is 0.130. The van der Waals surface area contributed by atoms with Crippen LogP contribution >= 0.6 is 15.9 Å². The van der Waals surface area contributed by atoms with Gasteiger partial charge in [0.05, 0.1) is 11.3 Å². The van der Waals surface area contributed by atoms with Gasteiger partial charge in [-0.25, -0.2) is 4.73 Å². The number of hydrogen-bond acceptors (Lipinski definition) is 4.